The third kappa shape index (κ3) is 4.16. The average Bonchev–Trinajstić information content (AvgIpc) is 2.96. The number of aryl methyl sites for hydroxylation is 1. The predicted molar refractivity (Wildman–Crippen MR) is 86.7 cm³/mol. The second-order valence-corrected chi connectivity index (χ2v) is 6.22. The molecule has 0 aliphatic carbocycles. The molecule has 0 amide bonds. The van der Waals surface area contributed by atoms with Gasteiger partial charge < -0.3 is 9.52 Å². The SMILES string of the molecule is Cc1nnc(CN2CCN(C[C@@H](O)c3ccccc3)[C@H](C)C2)o1. The number of aliphatic hydroxyl groups is 1. The summed E-state index contributed by atoms with van der Waals surface area (Å²) in [6.45, 7) is 8.16. The molecule has 3 rings (SSSR count). The Hall–Kier alpha value is -1.76. The number of nitrogens with zero attached hydrogens (tertiary/aromatic N) is 4. The third-order valence-corrected chi connectivity index (χ3v) is 4.37. The molecular weight excluding hydrogens is 292 g/mol. The fourth-order valence-electron chi connectivity index (χ4n) is 3.08. The van der Waals surface area contributed by atoms with Crippen LogP contribution in [0.1, 0.15) is 30.4 Å². The quantitative estimate of drug-likeness (QED) is 0.904. The van der Waals surface area contributed by atoms with Gasteiger partial charge in [0.1, 0.15) is 0 Å². The number of aromatic nitrogens is 2. The Morgan fingerprint density at radius 1 is 1.26 bits per heavy atom. The first kappa shape index (κ1) is 16.1. The Labute approximate surface area is 136 Å². The van der Waals surface area contributed by atoms with Gasteiger partial charge in [-0.05, 0) is 12.5 Å². The Morgan fingerprint density at radius 3 is 2.70 bits per heavy atom. The zero-order valence-electron chi connectivity index (χ0n) is 13.7. The second kappa shape index (κ2) is 7.21. The summed E-state index contributed by atoms with van der Waals surface area (Å²) in [6, 6.07) is 10.2. The van der Waals surface area contributed by atoms with Crippen molar-refractivity contribution in [3.05, 3.63) is 47.7 Å². The van der Waals surface area contributed by atoms with E-state index in [1.165, 1.54) is 0 Å². The number of hydrogen-bond donors (Lipinski definition) is 1. The van der Waals surface area contributed by atoms with Gasteiger partial charge in [-0.25, -0.2) is 0 Å². The van der Waals surface area contributed by atoms with Crippen molar-refractivity contribution in [2.45, 2.75) is 32.5 Å². The lowest BCUT2D eigenvalue weighted by atomic mass is 10.1. The van der Waals surface area contributed by atoms with Crippen molar-refractivity contribution in [3.63, 3.8) is 0 Å². The van der Waals surface area contributed by atoms with Crippen molar-refractivity contribution in [3.8, 4) is 0 Å². The lowest BCUT2D eigenvalue weighted by molar-refractivity contribution is 0.0334. The minimum absolute atomic E-state index is 0.381. The fourth-order valence-corrected chi connectivity index (χ4v) is 3.08. The summed E-state index contributed by atoms with van der Waals surface area (Å²) >= 11 is 0. The molecule has 6 nitrogen and oxygen atoms in total. The third-order valence-electron chi connectivity index (χ3n) is 4.37. The number of hydrogen-bond acceptors (Lipinski definition) is 6. The van der Waals surface area contributed by atoms with Crippen molar-refractivity contribution in [2.24, 2.45) is 0 Å². The Morgan fingerprint density at radius 2 is 2.04 bits per heavy atom. The van der Waals surface area contributed by atoms with Crippen molar-refractivity contribution < 1.29 is 9.52 Å². The molecule has 0 radical (unpaired) electrons. The summed E-state index contributed by atoms with van der Waals surface area (Å²) in [5.41, 5.74) is 0.975. The van der Waals surface area contributed by atoms with Crippen LogP contribution < -0.4 is 0 Å². The maximum Gasteiger partial charge on any atom is 0.230 e. The van der Waals surface area contributed by atoms with Crippen LogP contribution in [0.15, 0.2) is 34.7 Å². The van der Waals surface area contributed by atoms with E-state index in [0.717, 1.165) is 25.2 Å². The molecule has 0 saturated carbocycles. The van der Waals surface area contributed by atoms with Crippen molar-refractivity contribution in [1.29, 1.82) is 0 Å². The van der Waals surface area contributed by atoms with Gasteiger partial charge in [-0.1, -0.05) is 30.3 Å². The molecule has 2 heterocycles. The summed E-state index contributed by atoms with van der Waals surface area (Å²) in [6.07, 6.45) is -0.441. The molecule has 2 aromatic rings. The van der Waals surface area contributed by atoms with E-state index in [2.05, 4.69) is 26.9 Å². The molecule has 23 heavy (non-hydrogen) atoms. The van der Waals surface area contributed by atoms with Crippen molar-refractivity contribution >= 4 is 0 Å². The fraction of sp³-hybridized carbons (Fsp3) is 0.529. The van der Waals surface area contributed by atoms with E-state index >= 15 is 0 Å². The molecule has 1 N–H and O–H groups in total. The molecular formula is C17H24N4O2. The van der Waals surface area contributed by atoms with E-state index < -0.39 is 6.10 Å². The van der Waals surface area contributed by atoms with Crippen LogP contribution in [0.4, 0.5) is 0 Å². The molecule has 6 heteroatoms. The number of β-amino-alcohol motifs (C(OH)–C–C–N with tert-alkyl or cyclic N) is 1. The molecule has 0 spiro atoms. The normalized spacial score (nSPS) is 21.4. The Bertz CT molecular complexity index is 616. The van der Waals surface area contributed by atoms with E-state index in [4.69, 9.17) is 4.42 Å². The molecule has 2 atom stereocenters. The van der Waals surface area contributed by atoms with Gasteiger partial charge in [-0.3, -0.25) is 9.80 Å². The highest BCUT2D eigenvalue weighted by Crippen LogP contribution is 2.18. The maximum absolute atomic E-state index is 10.4. The standard InChI is InChI=1S/C17H24N4O2/c1-13-10-20(12-17-19-18-14(2)23-17)8-9-21(13)11-16(22)15-6-4-3-5-7-15/h3-7,13,16,22H,8-12H2,1-2H3/t13-,16-/m1/s1. The molecule has 0 bridgehead atoms. The highest BCUT2D eigenvalue weighted by Gasteiger charge is 2.26. The Kier molecular flexibility index (Phi) is 5.05. The number of aliphatic hydroxyl groups excluding tert-OH is 1. The van der Waals surface area contributed by atoms with Crippen LogP contribution >= 0.6 is 0 Å². The molecule has 1 fully saturated rings. The summed E-state index contributed by atoms with van der Waals surface area (Å²) in [5.74, 6) is 1.28. The topological polar surface area (TPSA) is 65.6 Å². The van der Waals surface area contributed by atoms with Gasteiger partial charge in [0.05, 0.1) is 12.6 Å². The van der Waals surface area contributed by atoms with Crippen LogP contribution in [0.3, 0.4) is 0 Å². The van der Waals surface area contributed by atoms with E-state index in [0.29, 0.717) is 30.9 Å². The zero-order chi connectivity index (χ0) is 16.2. The van der Waals surface area contributed by atoms with Crippen molar-refractivity contribution in [1.82, 2.24) is 20.0 Å². The number of benzene rings is 1. The zero-order valence-corrected chi connectivity index (χ0v) is 13.7. The van der Waals surface area contributed by atoms with Gasteiger partial charge in [0, 0.05) is 39.1 Å². The lowest BCUT2D eigenvalue weighted by Crippen LogP contribution is -2.52. The average molecular weight is 316 g/mol. The summed E-state index contributed by atoms with van der Waals surface area (Å²) in [4.78, 5) is 4.66. The minimum atomic E-state index is -0.441. The molecule has 1 aromatic heterocycles. The number of rotatable bonds is 5. The van der Waals surface area contributed by atoms with Gasteiger partial charge >= 0.3 is 0 Å². The molecule has 1 aliphatic heterocycles. The highest BCUT2D eigenvalue weighted by atomic mass is 16.4. The van der Waals surface area contributed by atoms with Gasteiger partial charge in [0.15, 0.2) is 0 Å². The predicted octanol–water partition coefficient (Wildman–Crippen LogP) is 1.62. The summed E-state index contributed by atoms with van der Waals surface area (Å²) < 4.78 is 5.45. The van der Waals surface area contributed by atoms with Crippen LogP contribution in [0.25, 0.3) is 0 Å². The van der Waals surface area contributed by atoms with E-state index in [1.807, 2.05) is 37.3 Å². The van der Waals surface area contributed by atoms with Crippen LogP contribution in [0.2, 0.25) is 0 Å². The smallest absolute Gasteiger partial charge is 0.230 e. The van der Waals surface area contributed by atoms with Crippen molar-refractivity contribution in [2.75, 3.05) is 26.2 Å². The van der Waals surface area contributed by atoms with E-state index in [9.17, 15) is 5.11 Å². The van der Waals surface area contributed by atoms with Crippen LogP contribution in [0.5, 0.6) is 0 Å². The van der Waals surface area contributed by atoms with E-state index in [1.54, 1.807) is 0 Å². The Balaban J connectivity index is 1.52. The first-order valence-electron chi connectivity index (χ1n) is 8.10. The highest BCUT2D eigenvalue weighted by molar-refractivity contribution is 5.17. The largest absolute Gasteiger partial charge is 0.424 e. The molecule has 1 aromatic carbocycles. The van der Waals surface area contributed by atoms with Gasteiger partial charge in [0.2, 0.25) is 11.8 Å². The van der Waals surface area contributed by atoms with Gasteiger partial charge in [-0.2, -0.15) is 0 Å². The minimum Gasteiger partial charge on any atom is -0.424 e. The molecule has 1 aliphatic rings. The number of piperazine rings is 1. The van der Waals surface area contributed by atoms with Gasteiger partial charge in [-0.15, -0.1) is 10.2 Å². The summed E-state index contributed by atoms with van der Waals surface area (Å²) in [7, 11) is 0. The van der Waals surface area contributed by atoms with Crippen LogP contribution in [-0.2, 0) is 6.54 Å². The van der Waals surface area contributed by atoms with Crippen LogP contribution in [-0.4, -0.2) is 57.3 Å². The first-order chi connectivity index (χ1) is 11.1. The maximum atomic E-state index is 10.4. The molecule has 124 valence electrons. The second-order valence-electron chi connectivity index (χ2n) is 6.22. The first-order valence-corrected chi connectivity index (χ1v) is 8.10. The van der Waals surface area contributed by atoms with Crippen LogP contribution in [0, 0.1) is 6.92 Å². The molecule has 1 saturated heterocycles. The lowest BCUT2D eigenvalue weighted by Gasteiger charge is -2.40. The molecule has 0 unspecified atom stereocenters. The summed E-state index contributed by atoms with van der Waals surface area (Å²) in [5, 5.41) is 18.3. The van der Waals surface area contributed by atoms with E-state index in [-0.39, 0.29) is 0 Å². The van der Waals surface area contributed by atoms with Gasteiger partial charge in [0.25, 0.3) is 0 Å². The monoisotopic (exact) mass is 316 g/mol.